The molecule has 3 aromatic heterocycles. The van der Waals surface area contributed by atoms with E-state index in [-0.39, 0.29) is 45.3 Å². The molecule has 0 bridgehead atoms. The van der Waals surface area contributed by atoms with Crippen LogP contribution >= 0.6 is 0 Å². The van der Waals surface area contributed by atoms with Crippen molar-refractivity contribution in [2.45, 2.75) is 106 Å². The van der Waals surface area contributed by atoms with Gasteiger partial charge in [0.05, 0.1) is 0 Å². The molecular formula is C54H61N9O3. The van der Waals surface area contributed by atoms with Crippen molar-refractivity contribution in [2.75, 3.05) is 0 Å². The zero-order valence-electron chi connectivity index (χ0n) is 40.0. The van der Waals surface area contributed by atoms with Crippen LogP contribution in [-0.4, -0.2) is 60.3 Å². The fourth-order valence-electron chi connectivity index (χ4n) is 9.47. The number of phenolic OH excluding ortho intramolecular Hbond substituents is 3. The van der Waals surface area contributed by atoms with Crippen molar-refractivity contribution in [2.24, 2.45) is 10.8 Å². The van der Waals surface area contributed by atoms with Gasteiger partial charge in [-0.25, -0.2) is 0 Å². The molecule has 0 spiro atoms. The molecule has 3 N–H and O–H groups in total. The predicted molar refractivity (Wildman–Crippen MR) is 263 cm³/mol. The molecule has 0 atom stereocenters. The van der Waals surface area contributed by atoms with E-state index in [9.17, 15) is 15.3 Å². The Morgan fingerprint density at radius 1 is 0.409 bits per heavy atom. The number of phenols is 3. The quantitative estimate of drug-likeness (QED) is 0.129. The highest BCUT2D eigenvalue weighted by Gasteiger charge is 2.32. The molecule has 3 heterocycles. The van der Waals surface area contributed by atoms with Gasteiger partial charge in [0.2, 0.25) is 0 Å². The summed E-state index contributed by atoms with van der Waals surface area (Å²) in [5.41, 5.74) is 10.5. The van der Waals surface area contributed by atoms with E-state index < -0.39 is 0 Å². The first kappa shape index (κ1) is 45.5. The lowest BCUT2D eigenvalue weighted by Gasteiger charge is -2.34. The Balaban J connectivity index is 0.000000289. The van der Waals surface area contributed by atoms with E-state index >= 15 is 0 Å². The zero-order valence-corrected chi connectivity index (χ0v) is 40.0. The Kier molecular flexibility index (Phi) is 11.7. The van der Waals surface area contributed by atoms with Crippen molar-refractivity contribution in [3.63, 3.8) is 0 Å². The van der Waals surface area contributed by atoms with Crippen LogP contribution in [0.25, 0.3) is 50.2 Å². The molecule has 0 aliphatic heterocycles. The fraction of sp³-hybridized carbons (Fsp3) is 0.333. The van der Waals surface area contributed by atoms with Gasteiger partial charge in [-0.15, -0.1) is 45.0 Å². The average Bonchev–Trinajstić information content (AvgIpc) is 3.98. The van der Waals surface area contributed by atoms with Crippen molar-refractivity contribution in [3.05, 3.63) is 143 Å². The Hall–Kier alpha value is -7.08. The van der Waals surface area contributed by atoms with Crippen molar-refractivity contribution in [3.8, 4) is 34.3 Å². The van der Waals surface area contributed by atoms with Crippen LogP contribution in [0.4, 0.5) is 0 Å². The summed E-state index contributed by atoms with van der Waals surface area (Å²) >= 11 is 0. The minimum Gasteiger partial charge on any atom is -0.506 e. The molecule has 12 nitrogen and oxygen atoms in total. The van der Waals surface area contributed by atoms with E-state index in [0.29, 0.717) is 28.2 Å². The molecule has 66 heavy (non-hydrogen) atoms. The van der Waals surface area contributed by atoms with Gasteiger partial charge in [-0.2, -0.15) is 0 Å². The number of rotatable bonds is 9. The molecule has 6 aromatic carbocycles. The summed E-state index contributed by atoms with van der Waals surface area (Å²) in [7, 11) is 0. The number of fused-ring (bicyclic) bond motifs is 3. The summed E-state index contributed by atoms with van der Waals surface area (Å²) in [5, 5.41) is 61.4. The topological polar surface area (TPSA) is 153 Å². The van der Waals surface area contributed by atoms with Crippen LogP contribution in [0, 0.1) is 17.8 Å². The normalized spacial score (nSPS) is 12.5. The SMILES string of the molecule is CC(C)(C)CC(C)(C)c1cc(Cc2cc(C(C)(C)CC(C)(C)C)cc(-n3nc4ccccc4n3)c2O)c(O)c(-n2nc3ccccc3n2)c1.Cc1ccc(O)c(-n2nc3ccccc3n2)c1. The third-order valence-electron chi connectivity index (χ3n) is 11.9. The molecule has 340 valence electrons. The van der Waals surface area contributed by atoms with Gasteiger partial charge in [-0.3, -0.25) is 0 Å². The van der Waals surface area contributed by atoms with Crippen LogP contribution in [0.2, 0.25) is 0 Å². The molecule has 12 heteroatoms. The third-order valence-corrected chi connectivity index (χ3v) is 11.9. The van der Waals surface area contributed by atoms with Crippen molar-refractivity contribution in [1.82, 2.24) is 45.0 Å². The summed E-state index contributed by atoms with van der Waals surface area (Å²) in [4.78, 5) is 4.54. The van der Waals surface area contributed by atoms with E-state index in [4.69, 9.17) is 20.4 Å². The zero-order chi connectivity index (χ0) is 47.3. The summed E-state index contributed by atoms with van der Waals surface area (Å²) in [6.45, 7) is 24.4. The number of hydrogen-bond acceptors (Lipinski definition) is 9. The number of aryl methyl sites for hydroxylation is 1. The van der Waals surface area contributed by atoms with Gasteiger partial charge in [0, 0.05) is 17.5 Å². The lowest BCUT2D eigenvalue weighted by atomic mass is 9.71. The van der Waals surface area contributed by atoms with E-state index in [2.05, 4.69) is 91.6 Å². The summed E-state index contributed by atoms with van der Waals surface area (Å²) in [6.07, 6.45) is 2.11. The fourth-order valence-corrected chi connectivity index (χ4v) is 9.47. The molecule has 9 aromatic rings. The monoisotopic (exact) mass is 883 g/mol. The number of nitrogens with zero attached hydrogens (tertiary/aromatic N) is 9. The largest absolute Gasteiger partial charge is 0.506 e. The first-order chi connectivity index (χ1) is 31.0. The summed E-state index contributed by atoms with van der Waals surface area (Å²) in [5.74, 6) is 0.341. The molecule has 0 radical (unpaired) electrons. The van der Waals surface area contributed by atoms with Gasteiger partial charge in [-0.05, 0) is 119 Å². The second-order valence-corrected chi connectivity index (χ2v) is 21.4. The van der Waals surface area contributed by atoms with Crippen LogP contribution in [-0.2, 0) is 17.3 Å². The number of aromatic hydroxyl groups is 3. The average molecular weight is 884 g/mol. The summed E-state index contributed by atoms with van der Waals surface area (Å²) in [6, 6.07) is 36.6. The highest BCUT2D eigenvalue weighted by Crippen LogP contribution is 2.43. The highest BCUT2D eigenvalue weighted by molar-refractivity contribution is 5.75. The van der Waals surface area contributed by atoms with Crippen molar-refractivity contribution >= 4 is 33.1 Å². The second kappa shape index (κ2) is 17.0. The third kappa shape index (κ3) is 9.78. The first-order valence-corrected chi connectivity index (χ1v) is 22.5. The Bertz CT molecular complexity index is 2960. The van der Waals surface area contributed by atoms with Gasteiger partial charge in [0.1, 0.15) is 67.4 Å². The van der Waals surface area contributed by atoms with Crippen molar-refractivity contribution < 1.29 is 15.3 Å². The molecule has 0 amide bonds. The van der Waals surface area contributed by atoms with Crippen LogP contribution in [0.15, 0.2) is 115 Å². The van der Waals surface area contributed by atoms with Crippen LogP contribution in [0.3, 0.4) is 0 Å². The maximum absolute atomic E-state index is 12.0. The molecule has 0 unspecified atom stereocenters. The minimum atomic E-state index is -0.231. The summed E-state index contributed by atoms with van der Waals surface area (Å²) < 4.78 is 0. The maximum Gasteiger partial charge on any atom is 0.146 e. The molecule has 0 saturated heterocycles. The second-order valence-electron chi connectivity index (χ2n) is 21.4. The highest BCUT2D eigenvalue weighted by atomic mass is 16.3. The van der Waals surface area contributed by atoms with E-state index in [0.717, 1.165) is 62.6 Å². The Morgan fingerprint density at radius 3 is 1.05 bits per heavy atom. The predicted octanol–water partition coefficient (Wildman–Crippen LogP) is 12.0. The lowest BCUT2D eigenvalue weighted by molar-refractivity contribution is 0.283. The minimum absolute atomic E-state index is 0.0702. The first-order valence-electron chi connectivity index (χ1n) is 22.5. The van der Waals surface area contributed by atoms with Gasteiger partial charge >= 0.3 is 0 Å². The van der Waals surface area contributed by atoms with Crippen molar-refractivity contribution in [1.29, 1.82) is 0 Å². The number of benzene rings is 6. The van der Waals surface area contributed by atoms with Gasteiger partial charge in [-0.1, -0.05) is 124 Å². The molecule has 9 rings (SSSR count). The number of aromatic nitrogens is 9. The van der Waals surface area contributed by atoms with Crippen LogP contribution in [0.1, 0.15) is 110 Å². The maximum atomic E-state index is 12.0. The number of hydrogen-bond donors (Lipinski definition) is 3. The van der Waals surface area contributed by atoms with E-state index in [1.165, 1.54) is 14.4 Å². The van der Waals surface area contributed by atoms with E-state index in [1.807, 2.05) is 104 Å². The van der Waals surface area contributed by atoms with Gasteiger partial charge in [0.15, 0.2) is 0 Å². The molecular weight excluding hydrogens is 823 g/mol. The smallest absolute Gasteiger partial charge is 0.146 e. The van der Waals surface area contributed by atoms with Crippen LogP contribution < -0.4 is 0 Å². The standard InChI is InChI=1S/C41H50N6O2.C13H11N3O/c1-38(2,3)24-40(7,8)28-20-26(36(48)34(22-28)46-42-30-15-11-12-16-31(30)43-46)19-27-21-29(41(9,10)25-39(4,5)6)23-35(37(27)49)47-44-32-17-13-14-18-33(32)45-47;1-9-6-7-13(17)12(8-9)16-14-10-4-2-3-5-11(10)15-16/h11-18,20-23,48-49H,19,24-25H2,1-10H3;2-8,17H,1H3. The molecule has 0 saturated carbocycles. The lowest BCUT2D eigenvalue weighted by Crippen LogP contribution is -2.25. The molecule has 0 aliphatic carbocycles. The Morgan fingerprint density at radius 2 is 0.727 bits per heavy atom. The Labute approximate surface area is 386 Å². The molecule has 0 aliphatic rings. The van der Waals surface area contributed by atoms with E-state index in [1.54, 1.807) is 6.07 Å². The van der Waals surface area contributed by atoms with Crippen LogP contribution in [0.5, 0.6) is 17.2 Å². The molecule has 0 fully saturated rings. The van der Waals surface area contributed by atoms with Gasteiger partial charge < -0.3 is 15.3 Å². The van der Waals surface area contributed by atoms with Gasteiger partial charge in [0.25, 0.3) is 0 Å².